The van der Waals surface area contributed by atoms with Crippen LogP contribution in [0.4, 0.5) is 16.2 Å². The van der Waals surface area contributed by atoms with Crippen molar-refractivity contribution in [3.05, 3.63) is 126 Å². The number of alkyl carbamates (subject to hydrolysis) is 1. The summed E-state index contributed by atoms with van der Waals surface area (Å²) in [5, 5.41) is 15.4. The predicted molar refractivity (Wildman–Crippen MR) is 157 cm³/mol. The van der Waals surface area contributed by atoms with Gasteiger partial charge in [-0.25, -0.2) is 4.79 Å². The predicted octanol–water partition coefficient (Wildman–Crippen LogP) is 5.23. The van der Waals surface area contributed by atoms with Crippen molar-refractivity contribution in [3.8, 4) is 17.2 Å². The Morgan fingerprint density at radius 2 is 1.55 bits per heavy atom. The summed E-state index contributed by atoms with van der Waals surface area (Å²) in [7, 11) is 1.40. The largest absolute Gasteiger partial charge is 0.504 e. The number of carbonyl (C=O) groups is 3. The lowest BCUT2D eigenvalue weighted by molar-refractivity contribution is -0.112. The second-order valence-electron chi connectivity index (χ2n) is 8.91. The van der Waals surface area contributed by atoms with Crippen LogP contribution in [0.15, 0.2) is 115 Å². The molecule has 0 aliphatic rings. The minimum Gasteiger partial charge on any atom is -0.504 e. The molecule has 3 amide bonds. The number of hydrogen-bond acceptors (Lipinski definition) is 8. The topological polar surface area (TPSA) is 149 Å². The number of ether oxygens (including phenoxy) is 3. The van der Waals surface area contributed by atoms with Gasteiger partial charge in [-0.1, -0.05) is 54.6 Å². The van der Waals surface area contributed by atoms with Crippen LogP contribution in [0.2, 0.25) is 0 Å². The monoisotopic (exact) mass is 567 g/mol. The number of amides is 3. The van der Waals surface area contributed by atoms with Gasteiger partial charge in [-0.15, -0.1) is 0 Å². The number of aromatic hydroxyl groups is 1. The summed E-state index contributed by atoms with van der Waals surface area (Å²) in [6.07, 6.45) is -0.791. The zero-order chi connectivity index (χ0) is 29.9. The van der Waals surface area contributed by atoms with E-state index in [1.54, 1.807) is 91.0 Å². The van der Waals surface area contributed by atoms with Crippen molar-refractivity contribution in [2.24, 2.45) is 0 Å². The van der Waals surface area contributed by atoms with E-state index in [4.69, 9.17) is 19.9 Å². The average molecular weight is 568 g/mol. The molecule has 4 aromatic rings. The molecule has 0 bridgehead atoms. The summed E-state index contributed by atoms with van der Waals surface area (Å²) < 4.78 is 17.0. The molecule has 0 spiro atoms. The molecule has 0 unspecified atom stereocenters. The minimum atomic E-state index is -1.24. The first-order valence-corrected chi connectivity index (χ1v) is 12.8. The maximum Gasteiger partial charge on any atom is 0.414 e. The van der Waals surface area contributed by atoms with E-state index in [-0.39, 0.29) is 17.1 Å². The van der Waals surface area contributed by atoms with Gasteiger partial charge in [-0.3, -0.25) is 14.9 Å². The molecule has 2 atom stereocenters. The molecule has 0 aliphatic carbocycles. The second-order valence-corrected chi connectivity index (χ2v) is 8.91. The molecular formula is C32H29N3O7. The summed E-state index contributed by atoms with van der Waals surface area (Å²) in [5.41, 5.74) is 7.28. The van der Waals surface area contributed by atoms with E-state index in [9.17, 15) is 19.5 Å². The molecular weight excluding hydrogens is 538 g/mol. The molecule has 10 nitrogen and oxygen atoms in total. The van der Waals surface area contributed by atoms with Crippen LogP contribution in [0.5, 0.6) is 17.2 Å². The molecule has 4 aromatic carbocycles. The van der Waals surface area contributed by atoms with Crippen molar-refractivity contribution >= 4 is 29.3 Å². The number of anilines is 2. The van der Waals surface area contributed by atoms with Gasteiger partial charge in [0.25, 0.3) is 5.91 Å². The van der Waals surface area contributed by atoms with Crippen molar-refractivity contribution in [2.45, 2.75) is 12.2 Å². The number of imide groups is 1. The summed E-state index contributed by atoms with van der Waals surface area (Å²) in [6, 6.07) is 28.0. The number of nitrogens with one attached hydrogen (secondary N) is 2. The SMILES string of the molecule is COc1ccc([C@@H](OC(=O)NC(=O)c2ccccc2)[C@@H](/C=C/C(=O)Nc2ccccc2N)Oc2ccccc2)cc1O. The third kappa shape index (κ3) is 7.89. The Bertz CT molecular complexity index is 1560. The Kier molecular flexibility index (Phi) is 9.76. The Morgan fingerprint density at radius 1 is 0.881 bits per heavy atom. The highest BCUT2D eigenvalue weighted by Crippen LogP contribution is 2.33. The number of phenolic OH excluding ortho intramolecular Hbond substituents is 1. The quantitative estimate of drug-likeness (QED) is 0.150. The summed E-state index contributed by atoms with van der Waals surface area (Å²) in [5.74, 6) is -0.810. The maximum absolute atomic E-state index is 13.0. The van der Waals surface area contributed by atoms with Crippen LogP contribution >= 0.6 is 0 Å². The van der Waals surface area contributed by atoms with Crippen molar-refractivity contribution < 1.29 is 33.7 Å². The minimum absolute atomic E-state index is 0.192. The molecule has 214 valence electrons. The fourth-order valence-electron chi connectivity index (χ4n) is 3.93. The number of nitrogen functional groups attached to an aromatic ring is 1. The van der Waals surface area contributed by atoms with Crippen LogP contribution in [0.25, 0.3) is 0 Å². The highest BCUT2D eigenvalue weighted by Gasteiger charge is 2.29. The van der Waals surface area contributed by atoms with E-state index in [2.05, 4.69) is 10.6 Å². The number of phenols is 1. The summed E-state index contributed by atoms with van der Waals surface area (Å²) in [6.45, 7) is 0. The van der Waals surface area contributed by atoms with E-state index in [0.717, 1.165) is 0 Å². The molecule has 0 saturated heterocycles. The fourth-order valence-corrected chi connectivity index (χ4v) is 3.93. The first-order chi connectivity index (χ1) is 20.3. The van der Waals surface area contributed by atoms with Gasteiger partial charge in [-0.2, -0.15) is 0 Å². The number of hydrogen-bond donors (Lipinski definition) is 4. The van der Waals surface area contributed by atoms with Gasteiger partial charge in [0.05, 0.1) is 18.5 Å². The molecule has 0 saturated carbocycles. The van der Waals surface area contributed by atoms with Crippen molar-refractivity contribution in [3.63, 3.8) is 0 Å². The lowest BCUT2D eigenvalue weighted by Gasteiger charge is -2.26. The zero-order valence-corrected chi connectivity index (χ0v) is 22.6. The number of methoxy groups -OCH3 is 1. The smallest absolute Gasteiger partial charge is 0.414 e. The van der Waals surface area contributed by atoms with Gasteiger partial charge < -0.3 is 30.4 Å². The highest BCUT2D eigenvalue weighted by molar-refractivity contribution is 6.03. The van der Waals surface area contributed by atoms with Gasteiger partial charge in [-0.05, 0) is 54.6 Å². The molecule has 10 heteroatoms. The van der Waals surface area contributed by atoms with Crippen LogP contribution in [-0.4, -0.2) is 36.2 Å². The zero-order valence-electron chi connectivity index (χ0n) is 22.6. The van der Waals surface area contributed by atoms with Gasteiger partial charge >= 0.3 is 6.09 Å². The Hall–Kier alpha value is -5.77. The van der Waals surface area contributed by atoms with E-state index < -0.39 is 30.1 Å². The van der Waals surface area contributed by atoms with Crippen molar-refractivity contribution in [1.29, 1.82) is 0 Å². The maximum atomic E-state index is 13.0. The van der Waals surface area contributed by atoms with E-state index in [1.165, 1.54) is 31.4 Å². The molecule has 0 aliphatic heterocycles. The van der Waals surface area contributed by atoms with Crippen LogP contribution in [0.1, 0.15) is 22.0 Å². The van der Waals surface area contributed by atoms with Crippen molar-refractivity contribution in [1.82, 2.24) is 5.32 Å². The molecule has 0 heterocycles. The van der Waals surface area contributed by atoms with Crippen LogP contribution in [0, 0.1) is 0 Å². The van der Waals surface area contributed by atoms with E-state index in [1.807, 2.05) is 0 Å². The first kappa shape index (κ1) is 29.2. The first-order valence-electron chi connectivity index (χ1n) is 12.8. The van der Waals surface area contributed by atoms with Gasteiger partial charge in [0.15, 0.2) is 23.7 Å². The molecule has 0 fully saturated rings. The Morgan fingerprint density at radius 3 is 2.21 bits per heavy atom. The van der Waals surface area contributed by atoms with Crippen LogP contribution in [0.3, 0.4) is 0 Å². The van der Waals surface area contributed by atoms with E-state index in [0.29, 0.717) is 22.7 Å². The molecule has 0 radical (unpaired) electrons. The Balaban J connectivity index is 1.66. The average Bonchev–Trinajstić information content (AvgIpc) is 3.00. The molecule has 0 aromatic heterocycles. The number of rotatable bonds is 10. The fraction of sp³-hybridized carbons (Fsp3) is 0.0938. The lowest BCUT2D eigenvalue weighted by atomic mass is 10.0. The van der Waals surface area contributed by atoms with Gasteiger partial charge in [0.2, 0.25) is 5.91 Å². The van der Waals surface area contributed by atoms with Crippen molar-refractivity contribution in [2.75, 3.05) is 18.2 Å². The van der Waals surface area contributed by atoms with E-state index >= 15 is 0 Å². The third-order valence-corrected chi connectivity index (χ3v) is 5.99. The Labute approximate surface area is 242 Å². The van der Waals surface area contributed by atoms with Gasteiger partial charge in [0.1, 0.15) is 5.75 Å². The second kappa shape index (κ2) is 14.0. The summed E-state index contributed by atoms with van der Waals surface area (Å²) >= 11 is 0. The number of para-hydroxylation sites is 3. The number of benzene rings is 4. The number of nitrogens with two attached hydrogens (primary N) is 1. The normalized spacial score (nSPS) is 12.1. The highest BCUT2D eigenvalue weighted by atomic mass is 16.6. The standard InChI is InChI=1S/C32H29N3O7/c1-40-27-17-16-22(20-26(27)36)30(42-32(39)35-31(38)21-10-4-2-5-11-21)28(41-23-12-6-3-7-13-23)18-19-29(37)34-25-15-9-8-14-24(25)33/h2-20,28,30,36H,33H2,1H3,(H,34,37)(H,35,38,39)/b19-18+/t28-,30-/m1/s1. The molecule has 5 N–H and O–H groups in total. The summed E-state index contributed by atoms with van der Waals surface area (Å²) in [4.78, 5) is 38.4. The van der Waals surface area contributed by atoms with Crippen LogP contribution < -0.4 is 25.8 Å². The van der Waals surface area contributed by atoms with Crippen LogP contribution in [-0.2, 0) is 9.53 Å². The molecule has 42 heavy (non-hydrogen) atoms. The lowest BCUT2D eigenvalue weighted by Crippen LogP contribution is -2.36. The third-order valence-electron chi connectivity index (χ3n) is 5.99. The number of carbonyl (C=O) groups excluding carboxylic acids is 3. The van der Waals surface area contributed by atoms with Gasteiger partial charge in [0, 0.05) is 17.2 Å². The molecule has 4 rings (SSSR count).